The number of benzene rings is 4. The zero-order valence-corrected chi connectivity index (χ0v) is 35.9. The highest BCUT2D eigenvalue weighted by atomic mass is 35.5. The van der Waals surface area contributed by atoms with Crippen molar-refractivity contribution in [2.45, 2.75) is 91.9 Å². The molecule has 12 nitrogen and oxygen atoms in total. The number of hydrogen-bond acceptors (Lipinski definition) is 10. The van der Waals surface area contributed by atoms with Crippen LogP contribution in [0.2, 0.25) is 5.02 Å². The summed E-state index contributed by atoms with van der Waals surface area (Å²) in [6.07, 6.45) is 2.69. The topological polar surface area (TPSA) is 154 Å². The molecule has 0 saturated heterocycles. The van der Waals surface area contributed by atoms with E-state index in [4.69, 9.17) is 21.1 Å². The normalized spacial score (nSPS) is 11.6. The van der Waals surface area contributed by atoms with Crippen LogP contribution in [0.4, 0.5) is 0 Å². The summed E-state index contributed by atoms with van der Waals surface area (Å²) >= 11 is 6.07. The molecule has 0 atom stereocenters. The first-order chi connectivity index (χ1) is 27.8. The van der Waals surface area contributed by atoms with Crippen LogP contribution in [0.15, 0.2) is 91.0 Å². The van der Waals surface area contributed by atoms with Gasteiger partial charge in [-0.1, -0.05) is 90.6 Å². The summed E-state index contributed by atoms with van der Waals surface area (Å²) in [5, 5.41) is 40.7. The molecule has 0 unspecified atom stereocenters. The van der Waals surface area contributed by atoms with Crippen molar-refractivity contribution < 1.29 is 29.3 Å². The van der Waals surface area contributed by atoms with E-state index in [1.54, 1.807) is 32.0 Å². The minimum atomic E-state index is -0.417. The van der Waals surface area contributed by atoms with Crippen LogP contribution >= 0.6 is 11.6 Å². The van der Waals surface area contributed by atoms with Gasteiger partial charge < -0.3 is 19.7 Å². The number of fused-ring (bicyclic) bond motifs is 2. The van der Waals surface area contributed by atoms with Gasteiger partial charge in [0, 0.05) is 40.1 Å². The van der Waals surface area contributed by atoms with Crippen LogP contribution in [0.1, 0.15) is 90.5 Å². The molecule has 0 fully saturated rings. The van der Waals surface area contributed by atoms with Gasteiger partial charge in [-0.15, -0.1) is 30.0 Å². The Balaban J connectivity index is 0.000000224. The van der Waals surface area contributed by atoms with Crippen molar-refractivity contribution in [1.29, 1.82) is 0 Å². The van der Waals surface area contributed by atoms with Gasteiger partial charge in [0.25, 0.3) is 0 Å². The molecule has 2 heterocycles. The fraction of sp³-hybridized carbons (Fsp3) is 0.348. The summed E-state index contributed by atoms with van der Waals surface area (Å²) in [4.78, 5) is 26.2. The number of rotatable bonds is 14. The van der Waals surface area contributed by atoms with E-state index in [2.05, 4.69) is 75.1 Å². The molecule has 4 aromatic carbocycles. The molecule has 0 amide bonds. The maximum Gasteiger partial charge on any atom is 0.333 e. The third-order valence-corrected chi connectivity index (χ3v) is 10.8. The van der Waals surface area contributed by atoms with Crippen molar-refractivity contribution in [3.05, 3.63) is 118 Å². The summed E-state index contributed by atoms with van der Waals surface area (Å²) in [6.45, 7) is 23.3. The number of carbonyl (C=O) groups is 2. The second-order valence-electron chi connectivity index (χ2n) is 15.9. The summed E-state index contributed by atoms with van der Waals surface area (Å²) < 4.78 is 10.5. The minimum Gasteiger partial charge on any atom is -0.505 e. The Labute approximate surface area is 350 Å². The fourth-order valence-electron chi connectivity index (χ4n) is 6.09. The molecule has 0 spiro atoms. The molecule has 310 valence electrons. The molecule has 0 aliphatic heterocycles. The molecule has 2 aromatic heterocycles. The lowest BCUT2D eigenvalue weighted by Gasteiger charge is -2.26. The van der Waals surface area contributed by atoms with E-state index in [1.165, 1.54) is 9.59 Å². The van der Waals surface area contributed by atoms with Gasteiger partial charge in [-0.05, 0) is 91.1 Å². The van der Waals surface area contributed by atoms with Gasteiger partial charge in [-0.2, -0.15) is 0 Å². The van der Waals surface area contributed by atoms with Crippen molar-refractivity contribution in [3.8, 4) is 22.9 Å². The molecule has 0 aliphatic rings. The Hall–Kier alpha value is -6.01. The Morgan fingerprint density at radius 1 is 0.644 bits per heavy atom. The van der Waals surface area contributed by atoms with Crippen LogP contribution in [0.3, 0.4) is 0 Å². The summed E-state index contributed by atoms with van der Waals surface area (Å²) in [6, 6.07) is 20.4. The standard InChI is InChI=1S/C23H26ClN3O3.C23H27N3O3/c1-6-23(4,5)17-11-15(9-10-30-22(29)14(2)3)12-20(21(17)28)27-25-18-8-7-16(24)13-19(18)26-27;1-6-23(4,5)17-13-16(11-12-29-22(28)15(2)3)14-20(21(17)27)26-24-18-9-7-8-10-19(18)25-26/h7-8,11-13,28H,2,6,9-10H2,1,3-5H3;7-10,13-14,27H,2,6,11-12H2,1,3-5H3. The summed E-state index contributed by atoms with van der Waals surface area (Å²) in [5.41, 5.74) is 7.50. The SMILES string of the molecule is C=C(C)C(=O)OCCc1cc(-n2nc3ccc(Cl)cc3n2)c(O)c(C(C)(C)CC)c1.C=C(C)C(=O)OCCc1cc(-n2nc3ccccc3n2)c(O)c(C(C)(C)CC)c1. The van der Waals surface area contributed by atoms with E-state index in [0.29, 0.717) is 51.4 Å². The van der Waals surface area contributed by atoms with Crippen LogP contribution in [-0.2, 0) is 42.7 Å². The number of phenolic OH excluding ortho intramolecular Hbond substituents is 2. The number of esters is 2. The van der Waals surface area contributed by atoms with Gasteiger partial charge in [0.2, 0.25) is 0 Å². The van der Waals surface area contributed by atoms with Gasteiger partial charge in [0.15, 0.2) is 0 Å². The van der Waals surface area contributed by atoms with E-state index in [1.807, 2.05) is 48.5 Å². The van der Waals surface area contributed by atoms with Crippen LogP contribution in [0.5, 0.6) is 11.5 Å². The van der Waals surface area contributed by atoms with E-state index >= 15 is 0 Å². The molecular formula is C46H53ClN6O6. The average molecular weight is 821 g/mol. The lowest BCUT2D eigenvalue weighted by Crippen LogP contribution is -2.18. The number of phenols is 2. The van der Waals surface area contributed by atoms with Gasteiger partial charge in [0.1, 0.15) is 44.9 Å². The third kappa shape index (κ3) is 10.4. The highest BCUT2D eigenvalue weighted by Gasteiger charge is 2.27. The molecule has 0 aliphatic carbocycles. The van der Waals surface area contributed by atoms with E-state index in [-0.39, 0.29) is 35.5 Å². The molecule has 0 bridgehead atoms. The van der Waals surface area contributed by atoms with Gasteiger partial charge in [0.05, 0.1) is 13.2 Å². The summed E-state index contributed by atoms with van der Waals surface area (Å²) in [5.74, 6) is -0.520. The number of aromatic hydroxyl groups is 2. The number of nitrogens with zero attached hydrogens (tertiary/aromatic N) is 6. The second-order valence-corrected chi connectivity index (χ2v) is 16.4. The zero-order valence-electron chi connectivity index (χ0n) is 35.1. The fourth-order valence-corrected chi connectivity index (χ4v) is 6.26. The summed E-state index contributed by atoms with van der Waals surface area (Å²) in [7, 11) is 0. The number of aromatic nitrogens is 6. The molecule has 0 saturated carbocycles. The number of hydrogen-bond donors (Lipinski definition) is 2. The average Bonchev–Trinajstić information content (AvgIpc) is 3.83. The monoisotopic (exact) mass is 820 g/mol. The quantitative estimate of drug-likeness (QED) is 0.0802. The Morgan fingerprint density at radius 3 is 1.42 bits per heavy atom. The van der Waals surface area contributed by atoms with Gasteiger partial charge in [-0.3, -0.25) is 0 Å². The van der Waals surface area contributed by atoms with Crippen molar-refractivity contribution in [3.63, 3.8) is 0 Å². The Kier molecular flexibility index (Phi) is 13.7. The highest BCUT2D eigenvalue weighted by molar-refractivity contribution is 6.31. The maximum atomic E-state index is 11.7. The Morgan fingerprint density at radius 2 is 1.03 bits per heavy atom. The first kappa shape index (κ1) is 44.1. The lowest BCUT2D eigenvalue weighted by atomic mass is 9.80. The molecule has 6 aromatic rings. The van der Waals surface area contributed by atoms with E-state index in [0.717, 1.165) is 46.1 Å². The molecule has 59 heavy (non-hydrogen) atoms. The molecule has 6 rings (SSSR count). The van der Waals surface area contributed by atoms with Crippen molar-refractivity contribution in [2.24, 2.45) is 0 Å². The van der Waals surface area contributed by atoms with Gasteiger partial charge >= 0.3 is 11.9 Å². The van der Waals surface area contributed by atoms with Crippen LogP contribution in [-0.4, -0.2) is 65.4 Å². The van der Waals surface area contributed by atoms with E-state index < -0.39 is 11.9 Å². The number of halogens is 1. The largest absolute Gasteiger partial charge is 0.505 e. The van der Waals surface area contributed by atoms with Crippen LogP contribution in [0.25, 0.3) is 33.4 Å². The number of ether oxygens (including phenoxy) is 2. The first-order valence-corrected chi connectivity index (χ1v) is 20.0. The van der Waals surface area contributed by atoms with Crippen molar-refractivity contribution >= 4 is 45.6 Å². The first-order valence-electron chi connectivity index (χ1n) is 19.6. The Bertz CT molecular complexity index is 2500. The third-order valence-electron chi connectivity index (χ3n) is 10.5. The second kappa shape index (κ2) is 18.3. The molecular weight excluding hydrogens is 768 g/mol. The maximum absolute atomic E-state index is 11.7. The highest BCUT2D eigenvalue weighted by Crippen LogP contribution is 2.40. The molecule has 13 heteroatoms. The number of carbonyl (C=O) groups excluding carboxylic acids is 2. The predicted octanol–water partition coefficient (Wildman–Crippen LogP) is 9.60. The smallest absolute Gasteiger partial charge is 0.333 e. The minimum absolute atomic E-state index is 0.135. The zero-order chi connectivity index (χ0) is 43.2. The molecule has 2 N–H and O–H groups in total. The van der Waals surface area contributed by atoms with Crippen molar-refractivity contribution in [2.75, 3.05) is 13.2 Å². The van der Waals surface area contributed by atoms with Crippen LogP contribution in [0, 0.1) is 0 Å². The van der Waals surface area contributed by atoms with Crippen molar-refractivity contribution in [1.82, 2.24) is 30.0 Å². The lowest BCUT2D eigenvalue weighted by molar-refractivity contribution is -0.139. The predicted molar refractivity (Wildman–Crippen MR) is 232 cm³/mol. The molecule has 0 radical (unpaired) electrons. The van der Waals surface area contributed by atoms with Crippen LogP contribution < -0.4 is 0 Å². The van der Waals surface area contributed by atoms with E-state index in [9.17, 15) is 19.8 Å². The van der Waals surface area contributed by atoms with Gasteiger partial charge in [-0.25, -0.2) is 9.59 Å².